The second kappa shape index (κ2) is 6.89. The molecular weight excluding hydrogens is 280 g/mol. The van der Waals surface area contributed by atoms with Crippen molar-refractivity contribution >= 4 is 17.7 Å². The van der Waals surface area contributed by atoms with Crippen LogP contribution >= 0.6 is 0 Å². The maximum atomic E-state index is 11.8. The van der Waals surface area contributed by atoms with E-state index in [1.807, 2.05) is 6.07 Å². The lowest BCUT2D eigenvalue weighted by molar-refractivity contribution is 0.215. The molecule has 1 aliphatic heterocycles. The molecule has 6 heteroatoms. The Morgan fingerprint density at radius 1 is 1.05 bits per heavy atom. The zero-order valence-electron chi connectivity index (χ0n) is 12.2. The lowest BCUT2D eigenvalue weighted by atomic mass is 10.1. The third-order valence-electron chi connectivity index (χ3n) is 3.50. The summed E-state index contributed by atoms with van der Waals surface area (Å²) in [5.74, 6) is 1.71. The van der Waals surface area contributed by atoms with E-state index in [9.17, 15) is 4.79 Å². The molecule has 2 aromatic rings. The van der Waals surface area contributed by atoms with Crippen molar-refractivity contribution in [2.24, 2.45) is 0 Å². The van der Waals surface area contributed by atoms with E-state index in [0.29, 0.717) is 11.6 Å². The second-order valence-electron chi connectivity index (χ2n) is 5.14. The molecule has 1 saturated heterocycles. The van der Waals surface area contributed by atoms with Gasteiger partial charge in [0, 0.05) is 13.1 Å². The van der Waals surface area contributed by atoms with Gasteiger partial charge in [-0.25, -0.2) is 14.8 Å². The Morgan fingerprint density at radius 3 is 2.50 bits per heavy atom. The fourth-order valence-electron chi connectivity index (χ4n) is 2.40. The number of ether oxygens (including phenoxy) is 1. The zero-order valence-corrected chi connectivity index (χ0v) is 12.2. The van der Waals surface area contributed by atoms with Gasteiger partial charge < -0.3 is 9.64 Å². The van der Waals surface area contributed by atoms with Crippen LogP contribution < -0.4 is 15.0 Å². The van der Waals surface area contributed by atoms with E-state index in [4.69, 9.17) is 4.74 Å². The van der Waals surface area contributed by atoms with Gasteiger partial charge in [-0.3, -0.25) is 5.32 Å². The van der Waals surface area contributed by atoms with Crippen molar-refractivity contribution in [2.45, 2.75) is 19.3 Å². The third-order valence-corrected chi connectivity index (χ3v) is 3.50. The van der Waals surface area contributed by atoms with E-state index in [-0.39, 0.29) is 0 Å². The molecule has 0 unspecified atom stereocenters. The number of nitrogens with one attached hydrogen (secondary N) is 1. The summed E-state index contributed by atoms with van der Waals surface area (Å²) < 4.78 is 5.14. The minimum Gasteiger partial charge on any atom is -0.410 e. The van der Waals surface area contributed by atoms with Crippen LogP contribution in [-0.2, 0) is 0 Å². The van der Waals surface area contributed by atoms with Gasteiger partial charge in [0.15, 0.2) is 5.82 Å². The van der Waals surface area contributed by atoms with Crippen LogP contribution in [0.4, 0.5) is 16.4 Å². The highest BCUT2D eigenvalue weighted by atomic mass is 16.6. The van der Waals surface area contributed by atoms with Crippen molar-refractivity contribution in [2.75, 3.05) is 23.3 Å². The van der Waals surface area contributed by atoms with Gasteiger partial charge in [-0.2, -0.15) is 0 Å². The first kappa shape index (κ1) is 14.3. The molecule has 0 radical (unpaired) electrons. The predicted molar refractivity (Wildman–Crippen MR) is 84.2 cm³/mol. The van der Waals surface area contributed by atoms with Crippen LogP contribution in [0.2, 0.25) is 0 Å². The van der Waals surface area contributed by atoms with E-state index in [0.717, 1.165) is 18.9 Å². The average molecular weight is 298 g/mol. The molecule has 6 nitrogen and oxygen atoms in total. The van der Waals surface area contributed by atoms with Gasteiger partial charge >= 0.3 is 6.09 Å². The molecule has 0 spiro atoms. The van der Waals surface area contributed by atoms with Crippen LogP contribution in [-0.4, -0.2) is 29.2 Å². The molecule has 1 N–H and O–H groups in total. The molecule has 0 atom stereocenters. The summed E-state index contributed by atoms with van der Waals surface area (Å²) in [6.07, 6.45) is 6.30. The number of amides is 1. The van der Waals surface area contributed by atoms with Crippen molar-refractivity contribution < 1.29 is 9.53 Å². The summed E-state index contributed by atoms with van der Waals surface area (Å²) in [7, 11) is 0. The highest BCUT2D eigenvalue weighted by molar-refractivity contribution is 5.84. The Kier molecular flexibility index (Phi) is 4.48. The highest BCUT2D eigenvalue weighted by Crippen LogP contribution is 2.17. The maximum absolute atomic E-state index is 11.8. The van der Waals surface area contributed by atoms with Gasteiger partial charge in [-0.05, 0) is 31.4 Å². The standard InChI is InChI=1S/C16H18N4O2/c21-16(22-13-7-3-1-4-8-13)19-14-11-18-15(12-17-14)20-9-5-2-6-10-20/h1,3-4,7-8,11-12H,2,5-6,9-10H2,(H,17,19,21). The number of carbonyl (C=O) groups is 1. The second-order valence-corrected chi connectivity index (χ2v) is 5.14. The number of hydrogen-bond acceptors (Lipinski definition) is 5. The number of aromatic nitrogens is 2. The van der Waals surface area contributed by atoms with Gasteiger partial charge in [0.25, 0.3) is 0 Å². The molecule has 1 aromatic heterocycles. The molecule has 22 heavy (non-hydrogen) atoms. The number of para-hydroxylation sites is 1. The van der Waals surface area contributed by atoms with E-state index in [1.54, 1.807) is 36.7 Å². The maximum Gasteiger partial charge on any atom is 0.418 e. The summed E-state index contributed by atoms with van der Waals surface area (Å²) in [5.41, 5.74) is 0. The molecule has 1 aromatic carbocycles. The first-order valence-corrected chi connectivity index (χ1v) is 7.42. The lowest BCUT2D eigenvalue weighted by Gasteiger charge is -2.27. The minimum absolute atomic E-state index is 0.377. The van der Waals surface area contributed by atoms with Crippen LogP contribution in [0.1, 0.15) is 19.3 Å². The van der Waals surface area contributed by atoms with Gasteiger partial charge in [0.05, 0.1) is 12.4 Å². The van der Waals surface area contributed by atoms with Gasteiger partial charge in [0.2, 0.25) is 0 Å². The largest absolute Gasteiger partial charge is 0.418 e. The number of nitrogens with zero attached hydrogens (tertiary/aromatic N) is 3. The number of anilines is 2. The topological polar surface area (TPSA) is 67.4 Å². The summed E-state index contributed by atoms with van der Waals surface area (Å²) in [6.45, 7) is 2.02. The number of hydrogen-bond donors (Lipinski definition) is 1. The predicted octanol–water partition coefficient (Wildman–Crippen LogP) is 3.08. The van der Waals surface area contributed by atoms with E-state index in [1.165, 1.54) is 19.3 Å². The molecule has 0 aliphatic carbocycles. The van der Waals surface area contributed by atoms with Crippen LogP contribution in [0.25, 0.3) is 0 Å². The van der Waals surface area contributed by atoms with Crippen molar-refractivity contribution in [3.05, 3.63) is 42.7 Å². The molecular formula is C16H18N4O2. The first-order valence-electron chi connectivity index (χ1n) is 7.42. The fraction of sp³-hybridized carbons (Fsp3) is 0.312. The zero-order chi connectivity index (χ0) is 15.2. The third kappa shape index (κ3) is 3.72. The van der Waals surface area contributed by atoms with Crippen molar-refractivity contribution in [1.82, 2.24) is 9.97 Å². The monoisotopic (exact) mass is 298 g/mol. The molecule has 1 amide bonds. The van der Waals surface area contributed by atoms with Crippen LogP contribution in [0.15, 0.2) is 42.7 Å². The molecule has 2 heterocycles. The molecule has 114 valence electrons. The Labute approximate surface area is 129 Å². The van der Waals surface area contributed by atoms with Crippen LogP contribution in [0.5, 0.6) is 5.75 Å². The van der Waals surface area contributed by atoms with Crippen molar-refractivity contribution in [1.29, 1.82) is 0 Å². The van der Waals surface area contributed by atoms with Gasteiger partial charge in [-0.15, -0.1) is 0 Å². The summed E-state index contributed by atoms with van der Waals surface area (Å²) in [6, 6.07) is 8.89. The van der Waals surface area contributed by atoms with Crippen molar-refractivity contribution in [3.8, 4) is 5.75 Å². The summed E-state index contributed by atoms with van der Waals surface area (Å²) in [4.78, 5) is 22.5. The molecule has 1 fully saturated rings. The van der Waals surface area contributed by atoms with E-state index < -0.39 is 6.09 Å². The summed E-state index contributed by atoms with van der Waals surface area (Å²) in [5, 5.41) is 2.57. The normalized spacial score (nSPS) is 14.5. The number of piperidine rings is 1. The Bertz CT molecular complexity index is 610. The average Bonchev–Trinajstić information content (AvgIpc) is 2.57. The minimum atomic E-state index is -0.578. The van der Waals surface area contributed by atoms with E-state index >= 15 is 0 Å². The fourth-order valence-corrected chi connectivity index (χ4v) is 2.40. The molecule has 0 bridgehead atoms. The number of benzene rings is 1. The van der Waals surface area contributed by atoms with Crippen LogP contribution in [0, 0.1) is 0 Å². The quantitative estimate of drug-likeness (QED) is 0.943. The number of rotatable bonds is 3. The molecule has 0 saturated carbocycles. The van der Waals surface area contributed by atoms with Crippen molar-refractivity contribution in [3.63, 3.8) is 0 Å². The summed E-state index contributed by atoms with van der Waals surface area (Å²) >= 11 is 0. The highest BCUT2D eigenvalue weighted by Gasteiger charge is 2.13. The molecule has 1 aliphatic rings. The Morgan fingerprint density at radius 2 is 1.82 bits per heavy atom. The molecule has 3 rings (SSSR count). The smallest absolute Gasteiger partial charge is 0.410 e. The number of carbonyl (C=O) groups excluding carboxylic acids is 1. The Hall–Kier alpha value is -2.63. The van der Waals surface area contributed by atoms with Crippen LogP contribution in [0.3, 0.4) is 0 Å². The lowest BCUT2D eigenvalue weighted by Crippen LogP contribution is -2.30. The van der Waals surface area contributed by atoms with Gasteiger partial charge in [0.1, 0.15) is 11.6 Å². The van der Waals surface area contributed by atoms with Gasteiger partial charge in [-0.1, -0.05) is 18.2 Å². The first-order chi connectivity index (χ1) is 10.8. The SMILES string of the molecule is O=C(Nc1cnc(N2CCCCC2)cn1)Oc1ccccc1. The van der Waals surface area contributed by atoms with E-state index in [2.05, 4.69) is 20.2 Å². The Balaban J connectivity index is 1.57.